The minimum atomic E-state index is -0.926. The minimum absolute atomic E-state index is 0.293. The second kappa shape index (κ2) is 4.31. The maximum Gasteiger partial charge on any atom is 0.340 e. The van der Waals surface area contributed by atoms with Crippen LogP contribution in [-0.2, 0) is 7.05 Å². The largest absolute Gasteiger partial charge is 0.478 e. The van der Waals surface area contributed by atoms with E-state index in [-0.39, 0.29) is 0 Å². The first-order chi connectivity index (χ1) is 7.59. The van der Waals surface area contributed by atoms with Crippen LogP contribution in [0.4, 0.5) is 0 Å². The number of rotatable bonds is 3. The molecule has 2 aromatic heterocycles. The van der Waals surface area contributed by atoms with Crippen LogP contribution in [0.25, 0.3) is 0 Å². The molecule has 2 heterocycles. The Bertz CT molecular complexity index is 517. The highest BCUT2D eigenvalue weighted by molar-refractivity contribution is 8.01. The van der Waals surface area contributed by atoms with Gasteiger partial charge in [-0.3, -0.25) is 4.68 Å². The molecular formula is C10H10N2O2S2. The van der Waals surface area contributed by atoms with E-state index in [1.54, 1.807) is 30.0 Å². The Morgan fingerprint density at radius 3 is 2.94 bits per heavy atom. The van der Waals surface area contributed by atoms with E-state index in [0.717, 1.165) is 4.21 Å². The second-order valence-electron chi connectivity index (χ2n) is 3.23. The first-order valence-corrected chi connectivity index (χ1v) is 6.27. The minimum Gasteiger partial charge on any atom is -0.478 e. The first kappa shape index (κ1) is 11.2. The van der Waals surface area contributed by atoms with Crippen molar-refractivity contribution in [3.05, 3.63) is 28.8 Å². The number of aryl methyl sites for hydroxylation is 2. The highest BCUT2D eigenvalue weighted by Crippen LogP contribution is 2.34. The average molecular weight is 254 g/mol. The maximum absolute atomic E-state index is 11.1. The van der Waals surface area contributed by atoms with E-state index in [1.165, 1.54) is 11.8 Å². The van der Waals surface area contributed by atoms with Gasteiger partial charge in [-0.05, 0) is 18.4 Å². The van der Waals surface area contributed by atoms with E-state index >= 15 is 0 Å². The standard InChI is InChI=1S/C10H10N2O2S2/c1-6-8(10(13)14)9(12(2)11-6)16-7-4-3-5-15-7/h3-5H,1-2H3,(H,13,14). The Balaban J connectivity index is 2.43. The monoisotopic (exact) mass is 254 g/mol. The third kappa shape index (κ3) is 1.98. The molecule has 2 rings (SSSR count). The topological polar surface area (TPSA) is 55.1 Å². The fraction of sp³-hybridized carbons (Fsp3) is 0.200. The third-order valence-corrected chi connectivity index (χ3v) is 4.28. The summed E-state index contributed by atoms with van der Waals surface area (Å²) in [6.45, 7) is 1.71. The highest BCUT2D eigenvalue weighted by atomic mass is 32.2. The molecule has 0 aromatic carbocycles. The van der Waals surface area contributed by atoms with Crippen LogP contribution in [0.3, 0.4) is 0 Å². The van der Waals surface area contributed by atoms with Gasteiger partial charge in [0.25, 0.3) is 0 Å². The van der Waals surface area contributed by atoms with Gasteiger partial charge in [0.05, 0.1) is 9.90 Å². The molecule has 0 radical (unpaired) electrons. The highest BCUT2D eigenvalue weighted by Gasteiger charge is 2.20. The van der Waals surface area contributed by atoms with Crippen molar-refractivity contribution >= 4 is 29.1 Å². The number of carboxylic acids is 1. The summed E-state index contributed by atoms with van der Waals surface area (Å²) in [4.78, 5) is 11.1. The van der Waals surface area contributed by atoms with Gasteiger partial charge in [-0.25, -0.2) is 4.79 Å². The van der Waals surface area contributed by atoms with Crippen molar-refractivity contribution in [2.75, 3.05) is 0 Å². The summed E-state index contributed by atoms with van der Waals surface area (Å²) in [5.41, 5.74) is 0.843. The molecule has 0 aliphatic rings. The summed E-state index contributed by atoms with van der Waals surface area (Å²) in [6.07, 6.45) is 0. The number of thiophene rings is 1. The van der Waals surface area contributed by atoms with Gasteiger partial charge in [-0.15, -0.1) is 11.3 Å². The quantitative estimate of drug-likeness (QED) is 0.914. The van der Waals surface area contributed by atoms with Crippen molar-refractivity contribution < 1.29 is 9.90 Å². The van der Waals surface area contributed by atoms with Crippen molar-refractivity contribution in [2.24, 2.45) is 7.05 Å². The number of hydrogen-bond donors (Lipinski definition) is 1. The average Bonchev–Trinajstić information content (AvgIpc) is 2.76. The van der Waals surface area contributed by atoms with E-state index in [1.807, 2.05) is 17.5 Å². The van der Waals surface area contributed by atoms with Crippen molar-refractivity contribution in [3.8, 4) is 0 Å². The number of aromatic carboxylic acids is 1. The Labute approximate surface area is 101 Å². The lowest BCUT2D eigenvalue weighted by molar-refractivity contribution is 0.0692. The summed E-state index contributed by atoms with van der Waals surface area (Å²) in [5, 5.41) is 15.9. The van der Waals surface area contributed by atoms with Crippen molar-refractivity contribution in [1.29, 1.82) is 0 Å². The van der Waals surface area contributed by atoms with E-state index < -0.39 is 5.97 Å². The van der Waals surface area contributed by atoms with Crippen LogP contribution in [0.2, 0.25) is 0 Å². The Hall–Kier alpha value is -1.27. The molecule has 0 saturated heterocycles. The maximum atomic E-state index is 11.1. The number of hydrogen-bond acceptors (Lipinski definition) is 4. The zero-order valence-electron chi connectivity index (χ0n) is 8.80. The van der Waals surface area contributed by atoms with Gasteiger partial charge < -0.3 is 5.11 Å². The smallest absolute Gasteiger partial charge is 0.340 e. The lowest BCUT2D eigenvalue weighted by Crippen LogP contribution is -1.99. The molecule has 0 aliphatic carbocycles. The van der Waals surface area contributed by atoms with Crippen LogP contribution in [0.1, 0.15) is 16.1 Å². The summed E-state index contributed by atoms with van der Waals surface area (Å²) >= 11 is 3.02. The molecule has 0 saturated carbocycles. The lowest BCUT2D eigenvalue weighted by atomic mass is 10.3. The molecule has 0 atom stereocenters. The molecule has 0 unspecified atom stereocenters. The van der Waals surface area contributed by atoms with Gasteiger partial charge in [0.2, 0.25) is 0 Å². The second-order valence-corrected chi connectivity index (χ2v) is 5.47. The molecule has 0 bridgehead atoms. The lowest BCUT2D eigenvalue weighted by Gasteiger charge is -2.00. The molecular weight excluding hydrogens is 244 g/mol. The Kier molecular flexibility index (Phi) is 3.02. The zero-order chi connectivity index (χ0) is 11.7. The normalized spacial score (nSPS) is 10.6. The predicted octanol–water partition coefficient (Wildman–Crippen LogP) is 2.64. The van der Waals surface area contributed by atoms with Gasteiger partial charge in [0.15, 0.2) is 0 Å². The van der Waals surface area contributed by atoms with Crippen molar-refractivity contribution in [2.45, 2.75) is 16.2 Å². The molecule has 16 heavy (non-hydrogen) atoms. The van der Waals surface area contributed by atoms with Crippen LogP contribution in [0.15, 0.2) is 26.7 Å². The van der Waals surface area contributed by atoms with Crippen molar-refractivity contribution in [3.63, 3.8) is 0 Å². The van der Waals surface area contributed by atoms with Gasteiger partial charge in [-0.1, -0.05) is 17.8 Å². The van der Waals surface area contributed by atoms with Gasteiger partial charge in [-0.2, -0.15) is 5.10 Å². The van der Waals surface area contributed by atoms with Gasteiger partial charge in [0, 0.05) is 7.05 Å². The molecule has 0 fully saturated rings. The van der Waals surface area contributed by atoms with Crippen LogP contribution < -0.4 is 0 Å². The number of carbonyl (C=O) groups is 1. The number of nitrogens with zero attached hydrogens (tertiary/aromatic N) is 2. The van der Waals surface area contributed by atoms with Gasteiger partial charge >= 0.3 is 5.97 Å². The number of aromatic nitrogens is 2. The molecule has 1 N–H and O–H groups in total. The predicted molar refractivity (Wildman–Crippen MR) is 63.3 cm³/mol. The number of carboxylic acid groups (broad SMARTS) is 1. The molecule has 0 spiro atoms. The summed E-state index contributed by atoms with van der Waals surface area (Å²) in [6, 6.07) is 3.90. The Morgan fingerprint density at radius 2 is 2.38 bits per heavy atom. The van der Waals surface area contributed by atoms with E-state index in [2.05, 4.69) is 5.10 Å². The third-order valence-electron chi connectivity index (χ3n) is 2.08. The van der Waals surface area contributed by atoms with Crippen LogP contribution in [-0.4, -0.2) is 20.9 Å². The summed E-state index contributed by atoms with van der Waals surface area (Å²) in [5.74, 6) is -0.926. The molecule has 84 valence electrons. The van der Waals surface area contributed by atoms with E-state index in [0.29, 0.717) is 16.3 Å². The summed E-state index contributed by atoms with van der Waals surface area (Å²) in [7, 11) is 1.76. The Morgan fingerprint density at radius 1 is 1.62 bits per heavy atom. The SMILES string of the molecule is Cc1nn(C)c(Sc2cccs2)c1C(=O)O. The first-order valence-electron chi connectivity index (χ1n) is 4.58. The zero-order valence-corrected chi connectivity index (χ0v) is 10.4. The summed E-state index contributed by atoms with van der Waals surface area (Å²) < 4.78 is 2.67. The molecule has 2 aromatic rings. The van der Waals surface area contributed by atoms with Gasteiger partial charge in [0.1, 0.15) is 10.6 Å². The van der Waals surface area contributed by atoms with Crippen LogP contribution >= 0.6 is 23.1 Å². The van der Waals surface area contributed by atoms with Crippen molar-refractivity contribution in [1.82, 2.24) is 9.78 Å². The molecule has 0 aliphatic heterocycles. The van der Waals surface area contributed by atoms with E-state index in [9.17, 15) is 4.79 Å². The molecule has 6 heteroatoms. The molecule has 0 amide bonds. The van der Waals surface area contributed by atoms with Crippen LogP contribution in [0, 0.1) is 6.92 Å². The molecule has 4 nitrogen and oxygen atoms in total. The van der Waals surface area contributed by atoms with E-state index in [4.69, 9.17) is 5.11 Å². The fourth-order valence-electron chi connectivity index (χ4n) is 1.42. The van der Waals surface area contributed by atoms with Crippen LogP contribution in [0.5, 0.6) is 0 Å². The fourth-order valence-corrected chi connectivity index (χ4v) is 3.31.